The first-order valence-electron chi connectivity index (χ1n) is 8.13. The molecule has 1 aromatic carbocycles. The molecule has 1 amide bonds. The number of aryl methyl sites for hydroxylation is 1. The van der Waals surface area contributed by atoms with Crippen LogP contribution in [0.5, 0.6) is 0 Å². The van der Waals surface area contributed by atoms with Crippen molar-refractivity contribution in [2.24, 2.45) is 0 Å². The molecule has 1 saturated heterocycles. The van der Waals surface area contributed by atoms with Crippen LogP contribution in [-0.2, 0) is 6.54 Å². The lowest BCUT2D eigenvalue weighted by Gasteiger charge is -2.26. The molecule has 1 aliphatic heterocycles. The molecular weight excluding hydrogens is 288 g/mol. The smallest absolute Gasteiger partial charge is 0.272 e. The molecule has 2 aromatic rings. The molecule has 1 N–H and O–H groups in total. The third-order valence-electron chi connectivity index (χ3n) is 4.12. The highest BCUT2D eigenvalue weighted by Crippen LogP contribution is 2.14. The molecule has 0 unspecified atom stereocenters. The zero-order chi connectivity index (χ0) is 16.1. The van der Waals surface area contributed by atoms with Gasteiger partial charge in [0.25, 0.3) is 5.91 Å². The van der Waals surface area contributed by atoms with Gasteiger partial charge >= 0.3 is 0 Å². The highest BCUT2D eigenvalue weighted by molar-refractivity contribution is 5.92. The number of anilines is 1. The van der Waals surface area contributed by atoms with E-state index >= 15 is 0 Å². The second-order valence-corrected chi connectivity index (χ2v) is 5.98. The van der Waals surface area contributed by atoms with Crippen LogP contribution in [-0.4, -0.2) is 33.9 Å². The molecular formula is C18H22N4O. The van der Waals surface area contributed by atoms with E-state index < -0.39 is 0 Å². The lowest BCUT2D eigenvalue weighted by atomic mass is 10.1. The number of carbonyl (C=O) groups excluding carboxylic acids is 1. The highest BCUT2D eigenvalue weighted by atomic mass is 16.2. The van der Waals surface area contributed by atoms with Gasteiger partial charge in [0.05, 0.1) is 0 Å². The van der Waals surface area contributed by atoms with E-state index in [9.17, 15) is 4.79 Å². The minimum Gasteiger partial charge on any atom is -0.366 e. The van der Waals surface area contributed by atoms with Gasteiger partial charge < -0.3 is 10.2 Å². The summed E-state index contributed by atoms with van der Waals surface area (Å²) in [5.74, 6) is 0.687. The molecule has 0 atom stereocenters. The van der Waals surface area contributed by atoms with Gasteiger partial charge in [-0.05, 0) is 31.7 Å². The van der Waals surface area contributed by atoms with Gasteiger partial charge in [-0.2, -0.15) is 0 Å². The Labute approximate surface area is 136 Å². The predicted octanol–water partition coefficient (Wildman–Crippen LogP) is 3.02. The summed E-state index contributed by atoms with van der Waals surface area (Å²) in [6, 6.07) is 10.1. The van der Waals surface area contributed by atoms with E-state index in [-0.39, 0.29) is 5.91 Å². The molecule has 0 saturated carbocycles. The normalized spacial score (nSPS) is 14.6. The first-order chi connectivity index (χ1) is 11.2. The Kier molecular flexibility index (Phi) is 4.86. The van der Waals surface area contributed by atoms with Crippen molar-refractivity contribution in [1.29, 1.82) is 0 Å². The van der Waals surface area contributed by atoms with Gasteiger partial charge in [-0.3, -0.25) is 4.79 Å². The third-order valence-corrected chi connectivity index (χ3v) is 4.12. The fraction of sp³-hybridized carbons (Fsp3) is 0.389. The topological polar surface area (TPSA) is 58.1 Å². The first-order valence-corrected chi connectivity index (χ1v) is 8.13. The number of hydrogen-bond donors (Lipinski definition) is 1. The van der Waals surface area contributed by atoms with Crippen molar-refractivity contribution in [3.8, 4) is 0 Å². The average Bonchev–Trinajstić information content (AvgIpc) is 2.61. The van der Waals surface area contributed by atoms with Crippen LogP contribution in [0.25, 0.3) is 0 Å². The van der Waals surface area contributed by atoms with Gasteiger partial charge in [-0.15, -0.1) is 0 Å². The summed E-state index contributed by atoms with van der Waals surface area (Å²) >= 11 is 0. The van der Waals surface area contributed by atoms with Crippen molar-refractivity contribution in [2.45, 2.75) is 32.7 Å². The Morgan fingerprint density at radius 2 is 1.87 bits per heavy atom. The van der Waals surface area contributed by atoms with Crippen LogP contribution < -0.4 is 5.32 Å². The molecule has 0 spiro atoms. The second kappa shape index (κ2) is 7.22. The maximum absolute atomic E-state index is 12.5. The zero-order valence-electron chi connectivity index (χ0n) is 13.5. The molecule has 2 heterocycles. The number of aromatic nitrogens is 2. The number of benzene rings is 1. The van der Waals surface area contributed by atoms with E-state index in [0.717, 1.165) is 25.9 Å². The van der Waals surface area contributed by atoms with Gasteiger partial charge in [0.1, 0.15) is 17.8 Å². The fourth-order valence-corrected chi connectivity index (χ4v) is 2.73. The molecule has 120 valence electrons. The summed E-state index contributed by atoms with van der Waals surface area (Å²) in [5.41, 5.74) is 2.89. The van der Waals surface area contributed by atoms with Crippen LogP contribution in [0.1, 0.15) is 40.9 Å². The Morgan fingerprint density at radius 3 is 2.61 bits per heavy atom. The lowest BCUT2D eigenvalue weighted by molar-refractivity contribution is 0.0718. The van der Waals surface area contributed by atoms with Crippen molar-refractivity contribution in [1.82, 2.24) is 14.9 Å². The minimum absolute atomic E-state index is 0.00508. The fourth-order valence-electron chi connectivity index (χ4n) is 2.73. The molecule has 1 aliphatic rings. The third kappa shape index (κ3) is 4.06. The van der Waals surface area contributed by atoms with Crippen LogP contribution in [0.3, 0.4) is 0 Å². The summed E-state index contributed by atoms with van der Waals surface area (Å²) < 4.78 is 0. The quantitative estimate of drug-likeness (QED) is 0.943. The number of rotatable bonds is 4. The van der Waals surface area contributed by atoms with E-state index in [0.29, 0.717) is 18.1 Å². The monoisotopic (exact) mass is 310 g/mol. The molecule has 0 radical (unpaired) electrons. The van der Waals surface area contributed by atoms with Gasteiger partial charge in [-0.1, -0.05) is 29.8 Å². The SMILES string of the molecule is Cc1ccc(CNc2cc(C(=O)N3CCCCC3)ncn2)cc1. The van der Waals surface area contributed by atoms with Gasteiger partial charge in [0, 0.05) is 25.7 Å². The predicted molar refractivity (Wildman–Crippen MR) is 90.3 cm³/mol. The Morgan fingerprint density at radius 1 is 1.13 bits per heavy atom. The molecule has 0 bridgehead atoms. The first kappa shape index (κ1) is 15.5. The van der Waals surface area contributed by atoms with Gasteiger partial charge in [0.15, 0.2) is 0 Å². The highest BCUT2D eigenvalue weighted by Gasteiger charge is 2.19. The largest absolute Gasteiger partial charge is 0.366 e. The summed E-state index contributed by atoms with van der Waals surface area (Å²) in [4.78, 5) is 22.7. The van der Waals surface area contributed by atoms with Crippen molar-refractivity contribution in [2.75, 3.05) is 18.4 Å². The van der Waals surface area contributed by atoms with E-state index in [2.05, 4.69) is 46.5 Å². The molecule has 3 rings (SSSR count). The molecule has 23 heavy (non-hydrogen) atoms. The Balaban J connectivity index is 1.64. The van der Waals surface area contributed by atoms with E-state index in [1.807, 2.05) is 4.90 Å². The standard InChI is InChI=1S/C18H22N4O/c1-14-5-7-15(8-6-14)12-19-17-11-16(20-13-21-17)18(23)22-9-3-2-4-10-22/h5-8,11,13H,2-4,9-10,12H2,1H3,(H,19,20,21). The number of carbonyl (C=O) groups is 1. The van der Waals surface area contributed by atoms with E-state index in [1.165, 1.54) is 23.9 Å². The maximum atomic E-state index is 12.5. The Bertz CT molecular complexity index is 663. The van der Waals surface area contributed by atoms with Gasteiger partial charge in [-0.25, -0.2) is 9.97 Å². The number of likely N-dealkylation sites (tertiary alicyclic amines) is 1. The molecule has 5 nitrogen and oxygen atoms in total. The maximum Gasteiger partial charge on any atom is 0.272 e. The van der Waals surface area contributed by atoms with Crippen LogP contribution in [0.15, 0.2) is 36.7 Å². The molecule has 1 aromatic heterocycles. The van der Waals surface area contributed by atoms with E-state index in [4.69, 9.17) is 0 Å². The van der Waals surface area contributed by atoms with Crippen LogP contribution >= 0.6 is 0 Å². The van der Waals surface area contributed by atoms with Crippen molar-refractivity contribution in [3.63, 3.8) is 0 Å². The zero-order valence-corrected chi connectivity index (χ0v) is 13.5. The summed E-state index contributed by atoms with van der Waals surface area (Å²) in [6.07, 6.45) is 4.82. The van der Waals surface area contributed by atoms with Crippen LogP contribution in [0.2, 0.25) is 0 Å². The van der Waals surface area contributed by atoms with Gasteiger partial charge in [0.2, 0.25) is 0 Å². The molecule has 0 aliphatic carbocycles. The minimum atomic E-state index is 0.00508. The van der Waals surface area contributed by atoms with Crippen molar-refractivity contribution in [3.05, 3.63) is 53.5 Å². The summed E-state index contributed by atoms with van der Waals surface area (Å²) in [5, 5.41) is 3.26. The number of hydrogen-bond acceptors (Lipinski definition) is 4. The number of amides is 1. The van der Waals surface area contributed by atoms with E-state index in [1.54, 1.807) is 6.07 Å². The second-order valence-electron chi connectivity index (χ2n) is 5.98. The number of piperidine rings is 1. The number of nitrogens with one attached hydrogen (secondary N) is 1. The van der Waals surface area contributed by atoms with Crippen LogP contribution in [0, 0.1) is 6.92 Å². The number of nitrogens with zero attached hydrogens (tertiary/aromatic N) is 3. The summed E-state index contributed by atoms with van der Waals surface area (Å²) in [6.45, 7) is 4.40. The molecule has 1 fully saturated rings. The van der Waals surface area contributed by atoms with Crippen LogP contribution in [0.4, 0.5) is 5.82 Å². The van der Waals surface area contributed by atoms with Crippen molar-refractivity contribution < 1.29 is 4.79 Å². The van der Waals surface area contributed by atoms with Crippen molar-refractivity contribution >= 4 is 11.7 Å². The summed E-state index contributed by atoms with van der Waals surface area (Å²) in [7, 11) is 0. The molecule has 5 heteroatoms. The average molecular weight is 310 g/mol. The lowest BCUT2D eigenvalue weighted by Crippen LogP contribution is -2.36. The Hall–Kier alpha value is -2.43.